The average molecular weight is 332 g/mol. The Bertz CT molecular complexity index is 168. The van der Waals surface area contributed by atoms with Crippen LogP contribution in [0.2, 0.25) is 0 Å². The standard InChI is InChI=1S/C4H2I2N2/c5-3-1-7-2-8-4(3)6/h1-2H. The van der Waals surface area contributed by atoms with E-state index in [9.17, 15) is 0 Å². The van der Waals surface area contributed by atoms with Gasteiger partial charge in [-0.25, -0.2) is 9.97 Å². The second-order valence-corrected chi connectivity index (χ2v) is 3.35. The van der Waals surface area contributed by atoms with Crippen LogP contribution in [0.4, 0.5) is 0 Å². The van der Waals surface area contributed by atoms with E-state index in [1.165, 1.54) is 0 Å². The zero-order chi connectivity index (χ0) is 5.98. The van der Waals surface area contributed by atoms with Crippen LogP contribution in [0.15, 0.2) is 12.5 Å². The number of rotatable bonds is 0. The molecule has 0 aromatic carbocycles. The lowest BCUT2D eigenvalue weighted by Crippen LogP contribution is -1.84. The summed E-state index contributed by atoms with van der Waals surface area (Å²) in [4.78, 5) is 7.77. The number of nitrogens with zero attached hydrogens (tertiary/aromatic N) is 2. The Morgan fingerprint density at radius 3 is 2.50 bits per heavy atom. The van der Waals surface area contributed by atoms with Crippen LogP contribution in [0.3, 0.4) is 0 Å². The molecule has 0 saturated carbocycles. The maximum Gasteiger partial charge on any atom is 0.118 e. The molecule has 0 fully saturated rings. The molecule has 0 spiro atoms. The topological polar surface area (TPSA) is 25.8 Å². The molecule has 1 rings (SSSR count). The Morgan fingerprint density at radius 2 is 2.12 bits per heavy atom. The van der Waals surface area contributed by atoms with Crippen molar-refractivity contribution in [3.63, 3.8) is 0 Å². The Labute approximate surface area is 74.4 Å². The largest absolute Gasteiger partial charge is 0.244 e. The highest BCUT2D eigenvalue weighted by molar-refractivity contribution is 14.1. The predicted molar refractivity (Wildman–Crippen MR) is 47.5 cm³/mol. The van der Waals surface area contributed by atoms with E-state index in [0.29, 0.717) is 0 Å². The van der Waals surface area contributed by atoms with Gasteiger partial charge >= 0.3 is 0 Å². The Balaban J connectivity index is 3.13. The molecule has 1 aromatic rings. The number of hydrogen-bond acceptors (Lipinski definition) is 2. The SMILES string of the molecule is Ic1cncnc1I. The lowest BCUT2D eigenvalue weighted by atomic mass is 10.7. The normalized spacial score (nSPS) is 9.25. The van der Waals surface area contributed by atoms with Crippen molar-refractivity contribution in [3.05, 3.63) is 19.8 Å². The van der Waals surface area contributed by atoms with Gasteiger partial charge in [0.15, 0.2) is 0 Å². The molecule has 0 bridgehead atoms. The quantitative estimate of drug-likeness (QED) is 0.534. The van der Waals surface area contributed by atoms with Gasteiger partial charge in [0.05, 0.1) is 3.57 Å². The minimum Gasteiger partial charge on any atom is -0.244 e. The zero-order valence-electron chi connectivity index (χ0n) is 3.81. The van der Waals surface area contributed by atoms with E-state index in [-0.39, 0.29) is 0 Å². The summed E-state index contributed by atoms with van der Waals surface area (Å²) in [6.07, 6.45) is 3.33. The number of halogens is 2. The molecular weight excluding hydrogens is 330 g/mol. The highest BCUT2D eigenvalue weighted by atomic mass is 127. The van der Waals surface area contributed by atoms with Gasteiger partial charge < -0.3 is 0 Å². The van der Waals surface area contributed by atoms with Crippen LogP contribution in [0.1, 0.15) is 0 Å². The second kappa shape index (κ2) is 2.90. The van der Waals surface area contributed by atoms with Gasteiger partial charge in [0, 0.05) is 6.20 Å². The van der Waals surface area contributed by atoms with E-state index in [1.54, 1.807) is 12.5 Å². The predicted octanol–water partition coefficient (Wildman–Crippen LogP) is 1.69. The van der Waals surface area contributed by atoms with Crippen LogP contribution in [-0.2, 0) is 0 Å². The minimum atomic E-state index is 1.01. The molecule has 0 N–H and O–H groups in total. The van der Waals surface area contributed by atoms with E-state index in [1.807, 2.05) is 0 Å². The smallest absolute Gasteiger partial charge is 0.118 e. The third-order valence-electron chi connectivity index (χ3n) is 0.623. The number of hydrogen-bond donors (Lipinski definition) is 0. The zero-order valence-corrected chi connectivity index (χ0v) is 8.12. The summed E-state index contributed by atoms with van der Waals surface area (Å²) in [6, 6.07) is 0. The first-order chi connectivity index (χ1) is 3.80. The molecule has 0 aliphatic rings. The Kier molecular flexibility index (Phi) is 2.42. The van der Waals surface area contributed by atoms with Gasteiger partial charge in [-0.3, -0.25) is 0 Å². The summed E-state index contributed by atoms with van der Waals surface area (Å²) >= 11 is 4.36. The molecule has 0 aliphatic carbocycles. The maximum atomic E-state index is 3.95. The molecule has 0 unspecified atom stereocenters. The monoisotopic (exact) mass is 332 g/mol. The first-order valence-corrected chi connectivity index (χ1v) is 4.07. The van der Waals surface area contributed by atoms with Crippen LogP contribution in [0.5, 0.6) is 0 Å². The second-order valence-electron chi connectivity index (χ2n) is 1.16. The van der Waals surface area contributed by atoms with E-state index >= 15 is 0 Å². The van der Waals surface area contributed by atoms with Crippen molar-refractivity contribution < 1.29 is 0 Å². The summed E-state index contributed by atoms with van der Waals surface area (Å²) < 4.78 is 2.11. The van der Waals surface area contributed by atoms with Crippen molar-refractivity contribution in [1.29, 1.82) is 0 Å². The molecule has 2 nitrogen and oxygen atoms in total. The molecule has 4 heteroatoms. The summed E-state index contributed by atoms with van der Waals surface area (Å²) in [5.41, 5.74) is 0. The van der Waals surface area contributed by atoms with Gasteiger partial charge in [-0.1, -0.05) is 0 Å². The van der Waals surface area contributed by atoms with Crippen molar-refractivity contribution in [2.24, 2.45) is 0 Å². The molecule has 1 heterocycles. The van der Waals surface area contributed by atoms with Gasteiger partial charge in [0.1, 0.15) is 10.0 Å². The van der Waals surface area contributed by atoms with Gasteiger partial charge in [-0.15, -0.1) is 0 Å². The third kappa shape index (κ3) is 1.51. The highest BCUT2D eigenvalue weighted by Crippen LogP contribution is 2.07. The van der Waals surface area contributed by atoms with Crippen LogP contribution in [0.25, 0.3) is 0 Å². The highest BCUT2D eigenvalue weighted by Gasteiger charge is 1.90. The lowest BCUT2D eigenvalue weighted by Gasteiger charge is -1.87. The molecule has 8 heavy (non-hydrogen) atoms. The summed E-state index contributed by atoms with van der Waals surface area (Å²) in [6.45, 7) is 0. The molecule has 1 aromatic heterocycles. The first kappa shape index (κ1) is 6.66. The van der Waals surface area contributed by atoms with E-state index < -0.39 is 0 Å². The third-order valence-corrected chi connectivity index (χ3v) is 3.30. The van der Waals surface area contributed by atoms with Crippen LogP contribution in [-0.4, -0.2) is 9.97 Å². The summed E-state index contributed by atoms with van der Waals surface area (Å²) in [5.74, 6) is 0. The Morgan fingerprint density at radius 1 is 1.38 bits per heavy atom. The summed E-state index contributed by atoms with van der Waals surface area (Å²) in [7, 11) is 0. The van der Waals surface area contributed by atoms with Gasteiger partial charge in [0.25, 0.3) is 0 Å². The van der Waals surface area contributed by atoms with Crippen LogP contribution in [0, 0.1) is 7.27 Å². The van der Waals surface area contributed by atoms with Gasteiger partial charge in [0.2, 0.25) is 0 Å². The molecular formula is C4H2I2N2. The fraction of sp³-hybridized carbons (Fsp3) is 0. The van der Waals surface area contributed by atoms with Crippen molar-refractivity contribution >= 4 is 45.2 Å². The fourth-order valence-electron chi connectivity index (χ4n) is 0.298. The van der Waals surface area contributed by atoms with Gasteiger partial charge in [-0.05, 0) is 45.2 Å². The van der Waals surface area contributed by atoms with E-state index in [2.05, 4.69) is 55.1 Å². The van der Waals surface area contributed by atoms with Crippen molar-refractivity contribution in [3.8, 4) is 0 Å². The Hall–Kier alpha value is 0.540. The van der Waals surface area contributed by atoms with Crippen molar-refractivity contribution in [2.75, 3.05) is 0 Å². The average Bonchev–Trinajstić information content (AvgIpc) is 1.77. The lowest BCUT2D eigenvalue weighted by molar-refractivity contribution is 1.12. The van der Waals surface area contributed by atoms with E-state index in [0.717, 1.165) is 7.27 Å². The molecule has 0 saturated heterocycles. The molecule has 0 radical (unpaired) electrons. The van der Waals surface area contributed by atoms with Crippen molar-refractivity contribution in [2.45, 2.75) is 0 Å². The molecule has 0 amide bonds. The van der Waals surface area contributed by atoms with Crippen LogP contribution >= 0.6 is 45.2 Å². The fourth-order valence-corrected chi connectivity index (χ4v) is 0.862. The van der Waals surface area contributed by atoms with Gasteiger partial charge in [-0.2, -0.15) is 0 Å². The summed E-state index contributed by atoms with van der Waals surface area (Å²) in [5, 5.41) is 0. The molecule has 0 atom stereocenters. The maximum absolute atomic E-state index is 3.95. The minimum absolute atomic E-state index is 1.01. The first-order valence-electron chi connectivity index (χ1n) is 1.91. The van der Waals surface area contributed by atoms with Crippen LogP contribution < -0.4 is 0 Å². The van der Waals surface area contributed by atoms with Crippen molar-refractivity contribution in [1.82, 2.24) is 9.97 Å². The molecule has 0 aliphatic heterocycles. The molecule has 42 valence electrons. The number of aromatic nitrogens is 2. The van der Waals surface area contributed by atoms with E-state index in [4.69, 9.17) is 0 Å².